The van der Waals surface area contributed by atoms with Crippen LogP contribution in [0.5, 0.6) is 5.75 Å². The highest BCUT2D eigenvalue weighted by molar-refractivity contribution is 7.22. The zero-order valence-corrected chi connectivity index (χ0v) is 17.5. The summed E-state index contributed by atoms with van der Waals surface area (Å²) in [6, 6.07) is 11.7. The minimum Gasteiger partial charge on any atom is -0.494 e. The molecule has 0 bridgehead atoms. The SMILES string of the molecule is CCOc1ccc2nc(NC(=O)C3CC(=O)N(c4ccc(C)cc4C)C3)sc2c1. The number of hydrogen-bond acceptors (Lipinski definition) is 5. The van der Waals surface area contributed by atoms with E-state index < -0.39 is 5.92 Å². The van der Waals surface area contributed by atoms with Crippen LogP contribution in [-0.4, -0.2) is 29.9 Å². The summed E-state index contributed by atoms with van der Waals surface area (Å²) in [6.45, 7) is 6.93. The van der Waals surface area contributed by atoms with Crippen molar-refractivity contribution in [3.63, 3.8) is 0 Å². The smallest absolute Gasteiger partial charge is 0.231 e. The number of aromatic nitrogens is 1. The van der Waals surface area contributed by atoms with E-state index in [4.69, 9.17) is 4.74 Å². The Kier molecular flexibility index (Phi) is 5.24. The van der Waals surface area contributed by atoms with Gasteiger partial charge in [-0.25, -0.2) is 4.98 Å². The Bertz CT molecular complexity index is 1090. The molecule has 6 nitrogen and oxygen atoms in total. The molecule has 1 atom stereocenters. The first kappa shape index (κ1) is 19.4. The van der Waals surface area contributed by atoms with Gasteiger partial charge in [-0.2, -0.15) is 0 Å². The maximum Gasteiger partial charge on any atom is 0.231 e. The van der Waals surface area contributed by atoms with Crippen LogP contribution in [0.1, 0.15) is 24.5 Å². The third-order valence-electron chi connectivity index (χ3n) is 5.04. The van der Waals surface area contributed by atoms with E-state index in [1.54, 1.807) is 4.90 Å². The molecule has 1 aliphatic rings. The van der Waals surface area contributed by atoms with Gasteiger partial charge in [0.15, 0.2) is 5.13 Å². The van der Waals surface area contributed by atoms with Gasteiger partial charge in [0.25, 0.3) is 0 Å². The maximum atomic E-state index is 12.8. The Labute approximate surface area is 173 Å². The Morgan fingerprint density at radius 2 is 2.10 bits per heavy atom. The minimum atomic E-state index is -0.394. The van der Waals surface area contributed by atoms with Crippen molar-refractivity contribution in [1.82, 2.24) is 4.98 Å². The molecule has 1 aliphatic heterocycles. The lowest BCUT2D eigenvalue weighted by atomic mass is 10.1. The quantitative estimate of drug-likeness (QED) is 0.682. The fraction of sp³-hybridized carbons (Fsp3) is 0.318. The minimum absolute atomic E-state index is 0.0252. The number of carbonyl (C=O) groups excluding carboxylic acids is 2. The summed E-state index contributed by atoms with van der Waals surface area (Å²) in [6.07, 6.45) is 0.207. The van der Waals surface area contributed by atoms with Crippen LogP contribution in [0.4, 0.5) is 10.8 Å². The van der Waals surface area contributed by atoms with Gasteiger partial charge in [0, 0.05) is 18.7 Å². The third kappa shape index (κ3) is 3.96. The van der Waals surface area contributed by atoms with Crippen molar-refractivity contribution in [1.29, 1.82) is 0 Å². The number of benzene rings is 2. The van der Waals surface area contributed by atoms with Gasteiger partial charge in [0.1, 0.15) is 5.75 Å². The molecule has 1 saturated heterocycles. The molecule has 1 N–H and O–H groups in total. The number of aryl methyl sites for hydroxylation is 2. The van der Waals surface area contributed by atoms with Crippen LogP contribution in [0.3, 0.4) is 0 Å². The summed E-state index contributed by atoms with van der Waals surface area (Å²) in [5.41, 5.74) is 3.87. The second-order valence-corrected chi connectivity index (χ2v) is 8.30. The van der Waals surface area contributed by atoms with E-state index in [0.717, 1.165) is 32.8 Å². The average molecular weight is 410 g/mol. The summed E-state index contributed by atoms with van der Waals surface area (Å²) >= 11 is 1.40. The van der Waals surface area contributed by atoms with E-state index in [0.29, 0.717) is 18.3 Å². The molecule has 2 amide bonds. The van der Waals surface area contributed by atoms with Crippen molar-refractivity contribution < 1.29 is 14.3 Å². The van der Waals surface area contributed by atoms with Gasteiger partial charge in [0.05, 0.1) is 22.7 Å². The van der Waals surface area contributed by atoms with Crippen molar-refractivity contribution >= 4 is 44.2 Å². The Balaban J connectivity index is 1.47. The van der Waals surface area contributed by atoms with E-state index in [1.807, 2.05) is 57.2 Å². The van der Waals surface area contributed by atoms with E-state index in [-0.39, 0.29) is 18.2 Å². The van der Waals surface area contributed by atoms with Gasteiger partial charge in [-0.3, -0.25) is 9.59 Å². The molecular formula is C22H23N3O3S. The zero-order valence-electron chi connectivity index (χ0n) is 16.7. The maximum absolute atomic E-state index is 12.8. The predicted octanol–water partition coefficient (Wildman–Crippen LogP) is 4.30. The summed E-state index contributed by atoms with van der Waals surface area (Å²) in [7, 11) is 0. The van der Waals surface area contributed by atoms with Crippen molar-refractivity contribution in [3.8, 4) is 5.75 Å². The summed E-state index contributed by atoms with van der Waals surface area (Å²) in [5.74, 6) is 0.193. The second-order valence-electron chi connectivity index (χ2n) is 7.27. The largest absolute Gasteiger partial charge is 0.494 e. The van der Waals surface area contributed by atoms with Gasteiger partial charge in [-0.05, 0) is 50.6 Å². The van der Waals surface area contributed by atoms with Crippen molar-refractivity contribution in [2.75, 3.05) is 23.4 Å². The number of nitrogens with zero attached hydrogens (tertiary/aromatic N) is 2. The van der Waals surface area contributed by atoms with Gasteiger partial charge in [-0.15, -0.1) is 0 Å². The highest BCUT2D eigenvalue weighted by Crippen LogP contribution is 2.32. The van der Waals surface area contributed by atoms with Crippen LogP contribution in [0.25, 0.3) is 10.2 Å². The third-order valence-corrected chi connectivity index (χ3v) is 5.97. The molecule has 2 heterocycles. The summed E-state index contributed by atoms with van der Waals surface area (Å²) < 4.78 is 6.47. The number of nitrogens with one attached hydrogen (secondary N) is 1. The van der Waals surface area contributed by atoms with Crippen molar-refractivity contribution in [2.45, 2.75) is 27.2 Å². The van der Waals surface area contributed by atoms with Crippen LogP contribution in [0.2, 0.25) is 0 Å². The molecule has 3 aromatic rings. The van der Waals surface area contributed by atoms with Crippen molar-refractivity contribution in [2.24, 2.45) is 5.92 Å². The monoisotopic (exact) mass is 409 g/mol. The van der Waals surface area contributed by atoms with E-state index in [2.05, 4.69) is 10.3 Å². The first-order valence-corrected chi connectivity index (χ1v) is 10.5. The van der Waals surface area contributed by atoms with E-state index in [9.17, 15) is 9.59 Å². The Morgan fingerprint density at radius 1 is 1.28 bits per heavy atom. The molecule has 150 valence electrons. The van der Waals surface area contributed by atoms with E-state index >= 15 is 0 Å². The van der Waals surface area contributed by atoms with Gasteiger partial charge in [0.2, 0.25) is 11.8 Å². The Hall–Kier alpha value is -2.93. The van der Waals surface area contributed by atoms with Crippen LogP contribution >= 0.6 is 11.3 Å². The predicted molar refractivity (Wildman–Crippen MR) is 116 cm³/mol. The van der Waals surface area contributed by atoms with E-state index in [1.165, 1.54) is 11.3 Å². The number of rotatable bonds is 5. The number of amides is 2. The number of ether oxygens (including phenoxy) is 1. The molecule has 1 fully saturated rings. The molecule has 0 aliphatic carbocycles. The number of anilines is 2. The molecule has 4 rings (SSSR count). The molecule has 1 unspecified atom stereocenters. The molecule has 29 heavy (non-hydrogen) atoms. The second kappa shape index (κ2) is 7.83. The average Bonchev–Trinajstić information content (AvgIpc) is 3.25. The lowest BCUT2D eigenvalue weighted by Crippen LogP contribution is -2.28. The molecule has 7 heteroatoms. The van der Waals surface area contributed by atoms with Gasteiger partial charge < -0.3 is 15.0 Å². The normalized spacial score (nSPS) is 16.4. The molecule has 0 saturated carbocycles. The standard InChI is InChI=1S/C22H23N3O3S/c1-4-28-16-6-7-17-19(11-16)29-22(23-17)24-21(27)15-10-20(26)25(12-15)18-8-5-13(2)9-14(18)3/h5-9,11,15H,4,10,12H2,1-3H3,(H,23,24,27). The van der Waals surface area contributed by atoms with Crippen LogP contribution in [0.15, 0.2) is 36.4 Å². The van der Waals surface area contributed by atoms with Crippen LogP contribution in [-0.2, 0) is 9.59 Å². The summed E-state index contributed by atoms with van der Waals surface area (Å²) in [5, 5.41) is 3.43. The molecule has 2 aromatic carbocycles. The van der Waals surface area contributed by atoms with Crippen LogP contribution in [0, 0.1) is 19.8 Å². The first-order chi connectivity index (χ1) is 13.9. The molecular weight excluding hydrogens is 386 g/mol. The summed E-state index contributed by atoms with van der Waals surface area (Å²) in [4.78, 5) is 31.5. The number of carbonyl (C=O) groups is 2. The Morgan fingerprint density at radius 3 is 2.86 bits per heavy atom. The highest BCUT2D eigenvalue weighted by Gasteiger charge is 2.36. The van der Waals surface area contributed by atoms with Crippen LogP contribution < -0.4 is 15.0 Å². The molecule has 0 radical (unpaired) electrons. The topological polar surface area (TPSA) is 71.5 Å². The number of thiazole rings is 1. The lowest BCUT2D eigenvalue weighted by molar-refractivity contribution is -0.122. The molecule has 0 spiro atoms. The fourth-order valence-electron chi connectivity index (χ4n) is 3.65. The lowest BCUT2D eigenvalue weighted by Gasteiger charge is -2.19. The van der Waals surface area contributed by atoms with Crippen molar-refractivity contribution in [3.05, 3.63) is 47.5 Å². The first-order valence-electron chi connectivity index (χ1n) is 9.66. The fourth-order valence-corrected chi connectivity index (χ4v) is 4.54. The number of hydrogen-bond donors (Lipinski definition) is 1. The van der Waals surface area contributed by atoms with Gasteiger partial charge >= 0.3 is 0 Å². The molecule has 1 aromatic heterocycles. The highest BCUT2D eigenvalue weighted by atomic mass is 32.1. The van der Waals surface area contributed by atoms with Gasteiger partial charge in [-0.1, -0.05) is 29.0 Å². The number of fused-ring (bicyclic) bond motifs is 1. The zero-order chi connectivity index (χ0) is 20.5.